The third-order valence-corrected chi connectivity index (χ3v) is 4.83. The van der Waals surface area contributed by atoms with Crippen LogP contribution >= 0.6 is 15.9 Å². The molecule has 156 valence electrons. The summed E-state index contributed by atoms with van der Waals surface area (Å²) in [6.45, 7) is 5.48. The molecular formula is C22H21BrN2O5. The predicted molar refractivity (Wildman–Crippen MR) is 117 cm³/mol. The van der Waals surface area contributed by atoms with Gasteiger partial charge in [-0.3, -0.25) is 4.79 Å². The molecule has 0 saturated carbocycles. The van der Waals surface area contributed by atoms with Crippen LogP contribution in [0.1, 0.15) is 23.6 Å². The largest absolute Gasteiger partial charge is 0.490 e. The average Bonchev–Trinajstić information content (AvgIpc) is 2.69. The number of aryl methyl sites for hydroxylation is 2. The Balaban J connectivity index is 2.33. The summed E-state index contributed by atoms with van der Waals surface area (Å²) in [5.74, 6) is -1.12. The maximum atomic E-state index is 12.6. The number of aliphatic carboxylic acids is 1. The van der Waals surface area contributed by atoms with Crippen molar-refractivity contribution in [3.05, 3.63) is 57.1 Å². The number of nitrogens with one attached hydrogen (secondary N) is 1. The number of amides is 1. The third-order valence-electron chi connectivity index (χ3n) is 4.14. The molecule has 0 heterocycles. The van der Waals surface area contributed by atoms with Gasteiger partial charge in [0.15, 0.2) is 18.1 Å². The van der Waals surface area contributed by atoms with Gasteiger partial charge < -0.3 is 19.9 Å². The molecule has 0 aliphatic carbocycles. The number of carboxylic acid groups (broad SMARTS) is 1. The van der Waals surface area contributed by atoms with E-state index < -0.39 is 18.5 Å². The van der Waals surface area contributed by atoms with Gasteiger partial charge in [-0.25, -0.2) is 4.79 Å². The second-order valence-electron chi connectivity index (χ2n) is 6.36. The number of halogens is 1. The average molecular weight is 473 g/mol. The van der Waals surface area contributed by atoms with E-state index in [1.807, 2.05) is 32.0 Å². The van der Waals surface area contributed by atoms with E-state index in [0.29, 0.717) is 28.1 Å². The van der Waals surface area contributed by atoms with Crippen molar-refractivity contribution in [1.82, 2.24) is 0 Å². The molecule has 2 aromatic carbocycles. The molecule has 0 radical (unpaired) electrons. The highest BCUT2D eigenvalue weighted by Gasteiger charge is 2.15. The maximum Gasteiger partial charge on any atom is 0.341 e. The Bertz CT molecular complexity index is 1040. The van der Waals surface area contributed by atoms with Crippen LogP contribution in [0.3, 0.4) is 0 Å². The van der Waals surface area contributed by atoms with E-state index in [-0.39, 0.29) is 11.3 Å². The van der Waals surface area contributed by atoms with Crippen LogP contribution in [-0.2, 0) is 9.59 Å². The van der Waals surface area contributed by atoms with Crippen LogP contribution in [0, 0.1) is 25.2 Å². The quantitative estimate of drug-likeness (QED) is 0.433. The maximum absolute atomic E-state index is 12.6. The number of rotatable bonds is 8. The minimum absolute atomic E-state index is 0.101. The minimum Gasteiger partial charge on any atom is -0.490 e. The summed E-state index contributed by atoms with van der Waals surface area (Å²) >= 11 is 3.36. The Kier molecular flexibility index (Phi) is 8.01. The molecule has 30 heavy (non-hydrogen) atoms. The molecule has 1 amide bonds. The smallest absolute Gasteiger partial charge is 0.341 e. The van der Waals surface area contributed by atoms with Gasteiger partial charge in [-0.15, -0.1) is 0 Å². The number of hydrogen-bond donors (Lipinski definition) is 2. The van der Waals surface area contributed by atoms with Crippen LogP contribution in [0.5, 0.6) is 11.5 Å². The van der Waals surface area contributed by atoms with Crippen LogP contribution in [0.25, 0.3) is 6.08 Å². The van der Waals surface area contributed by atoms with Crippen molar-refractivity contribution in [2.24, 2.45) is 0 Å². The number of carbonyl (C=O) groups excluding carboxylic acids is 1. The van der Waals surface area contributed by atoms with Crippen molar-refractivity contribution in [1.29, 1.82) is 5.26 Å². The van der Waals surface area contributed by atoms with Gasteiger partial charge in [0.1, 0.15) is 11.6 Å². The van der Waals surface area contributed by atoms with E-state index in [2.05, 4.69) is 21.2 Å². The lowest BCUT2D eigenvalue weighted by Crippen LogP contribution is -2.13. The summed E-state index contributed by atoms with van der Waals surface area (Å²) in [5.41, 5.74) is 3.12. The fraction of sp³-hybridized carbons (Fsp3) is 0.227. The molecule has 2 rings (SSSR count). The van der Waals surface area contributed by atoms with Crippen molar-refractivity contribution < 1.29 is 24.2 Å². The Morgan fingerprint density at radius 1 is 1.17 bits per heavy atom. The Hall–Kier alpha value is -3.31. The van der Waals surface area contributed by atoms with Crippen LogP contribution in [0.2, 0.25) is 0 Å². The van der Waals surface area contributed by atoms with Gasteiger partial charge >= 0.3 is 5.97 Å². The molecule has 0 atom stereocenters. The summed E-state index contributed by atoms with van der Waals surface area (Å²) in [5, 5.41) is 21.0. The topological polar surface area (TPSA) is 109 Å². The number of carboxylic acids is 1. The highest BCUT2D eigenvalue weighted by molar-refractivity contribution is 9.10. The fourth-order valence-electron chi connectivity index (χ4n) is 2.50. The van der Waals surface area contributed by atoms with Crippen molar-refractivity contribution in [3.63, 3.8) is 0 Å². The molecule has 2 aromatic rings. The van der Waals surface area contributed by atoms with Crippen LogP contribution in [-0.4, -0.2) is 30.2 Å². The molecule has 0 aliphatic rings. The van der Waals surface area contributed by atoms with Gasteiger partial charge in [0.25, 0.3) is 5.91 Å². The molecule has 0 spiro atoms. The fourth-order valence-corrected chi connectivity index (χ4v) is 2.94. The highest BCUT2D eigenvalue weighted by atomic mass is 79.9. The summed E-state index contributed by atoms with van der Waals surface area (Å²) in [6, 6.07) is 10.5. The summed E-state index contributed by atoms with van der Waals surface area (Å²) in [6.07, 6.45) is 1.42. The first kappa shape index (κ1) is 23.0. The third kappa shape index (κ3) is 6.09. The number of benzene rings is 2. The number of nitriles is 1. The number of anilines is 1. The zero-order valence-electron chi connectivity index (χ0n) is 16.8. The first-order chi connectivity index (χ1) is 14.2. The Labute approximate surface area is 183 Å². The zero-order valence-corrected chi connectivity index (χ0v) is 18.4. The number of ether oxygens (including phenoxy) is 2. The lowest BCUT2D eigenvalue weighted by molar-refractivity contribution is -0.139. The molecule has 0 aromatic heterocycles. The lowest BCUT2D eigenvalue weighted by Gasteiger charge is -2.13. The van der Waals surface area contributed by atoms with Crippen molar-refractivity contribution in [2.45, 2.75) is 20.8 Å². The molecule has 0 fully saturated rings. The number of nitrogens with zero attached hydrogens (tertiary/aromatic N) is 1. The standard InChI is InChI=1S/C22H21BrN2O5/c1-4-29-19-9-15(18(23)10-20(19)30-12-21(26)27)8-16(11-24)22(28)25-17-6-5-13(2)14(3)7-17/h5-10H,4,12H2,1-3H3,(H,25,28)(H,26,27)/b16-8+. The molecule has 0 bridgehead atoms. The minimum atomic E-state index is -1.12. The Morgan fingerprint density at radius 2 is 1.87 bits per heavy atom. The van der Waals surface area contributed by atoms with E-state index >= 15 is 0 Å². The van der Waals surface area contributed by atoms with E-state index in [4.69, 9.17) is 14.6 Å². The second kappa shape index (κ2) is 10.5. The zero-order chi connectivity index (χ0) is 22.3. The van der Waals surface area contributed by atoms with Gasteiger partial charge in [-0.1, -0.05) is 22.0 Å². The van der Waals surface area contributed by atoms with Crippen LogP contribution < -0.4 is 14.8 Å². The molecule has 7 nitrogen and oxygen atoms in total. The van der Waals surface area contributed by atoms with Gasteiger partial charge in [-0.2, -0.15) is 5.26 Å². The van der Waals surface area contributed by atoms with Gasteiger partial charge in [0.2, 0.25) is 0 Å². The van der Waals surface area contributed by atoms with Gasteiger partial charge in [-0.05, 0) is 67.8 Å². The van der Waals surface area contributed by atoms with Crippen molar-refractivity contribution in [2.75, 3.05) is 18.5 Å². The molecule has 8 heteroatoms. The SMILES string of the molecule is CCOc1cc(/C=C(\C#N)C(=O)Nc2ccc(C)c(C)c2)c(Br)cc1OCC(=O)O. The van der Waals surface area contributed by atoms with Gasteiger partial charge in [0.05, 0.1) is 6.61 Å². The normalized spacial score (nSPS) is 10.8. The molecule has 2 N–H and O–H groups in total. The summed E-state index contributed by atoms with van der Waals surface area (Å²) in [7, 11) is 0. The molecule has 0 unspecified atom stereocenters. The predicted octanol–water partition coefficient (Wildman–Crippen LogP) is 4.47. The first-order valence-electron chi connectivity index (χ1n) is 9.06. The molecule has 0 saturated heterocycles. The van der Waals surface area contributed by atoms with E-state index in [0.717, 1.165) is 11.1 Å². The summed E-state index contributed by atoms with van der Waals surface area (Å²) < 4.78 is 11.3. The van der Waals surface area contributed by atoms with E-state index in [1.54, 1.807) is 19.1 Å². The van der Waals surface area contributed by atoms with Crippen molar-refractivity contribution >= 4 is 39.6 Å². The summed E-state index contributed by atoms with van der Waals surface area (Å²) in [4.78, 5) is 23.3. The first-order valence-corrected chi connectivity index (χ1v) is 9.85. The van der Waals surface area contributed by atoms with Gasteiger partial charge in [0, 0.05) is 10.2 Å². The lowest BCUT2D eigenvalue weighted by atomic mass is 10.1. The monoisotopic (exact) mass is 472 g/mol. The Morgan fingerprint density at radius 3 is 2.47 bits per heavy atom. The molecule has 0 aliphatic heterocycles. The number of carbonyl (C=O) groups is 2. The van der Waals surface area contributed by atoms with Crippen molar-refractivity contribution in [3.8, 4) is 17.6 Å². The van der Waals surface area contributed by atoms with E-state index in [1.165, 1.54) is 12.1 Å². The molecular weight excluding hydrogens is 452 g/mol. The van der Waals surface area contributed by atoms with Crippen LogP contribution in [0.15, 0.2) is 40.4 Å². The highest BCUT2D eigenvalue weighted by Crippen LogP contribution is 2.35. The number of hydrogen-bond acceptors (Lipinski definition) is 5. The second-order valence-corrected chi connectivity index (χ2v) is 7.21. The van der Waals surface area contributed by atoms with E-state index in [9.17, 15) is 14.9 Å². The van der Waals surface area contributed by atoms with Crippen LogP contribution in [0.4, 0.5) is 5.69 Å².